The second-order valence-electron chi connectivity index (χ2n) is 4.63. The molecule has 1 aromatic rings. The molecule has 19 heavy (non-hydrogen) atoms. The summed E-state index contributed by atoms with van der Waals surface area (Å²) < 4.78 is 7.61. The van der Waals surface area contributed by atoms with Gasteiger partial charge in [-0.25, -0.2) is 0 Å². The van der Waals surface area contributed by atoms with E-state index in [1.54, 1.807) is 7.05 Å². The van der Waals surface area contributed by atoms with Gasteiger partial charge in [-0.3, -0.25) is 4.99 Å². The highest BCUT2D eigenvalue weighted by Crippen LogP contribution is 2.10. The van der Waals surface area contributed by atoms with Crippen molar-refractivity contribution in [2.24, 2.45) is 12.0 Å². The van der Waals surface area contributed by atoms with Crippen LogP contribution in [0.1, 0.15) is 18.4 Å². The van der Waals surface area contributed by atoms with E-state index in [4.69, 9.17) is 4.74 Å². The van der Waals surface area contributed by atoms with Crippen molar-refractivity contribution in [3.05, 3.63) is 24.0 Å². The van der Waals surface area contributed by atoms with Crippen molar-refractivity contribution in [2.45, 2.75) is 25.5 Å². The molecule has 0 aliphatic carbocycles. The first-order valence-corrected chi connectivity index (χ1v) is 6.45. The molecule has 2 N–H and O–H groups in total. The third-order valence-electron chi connectivity index (χ3n) is 3.10. The summed E-state index contributed by atoms with van der Waals surface area (Å²) in [7, 11) is 3.81. The quantitative estimate of drug-likeness (QED) is 0.474. The Labute approximate surface area is 131 Å². The van der Waals surface area contributed by atoms with E-state index < -0.39 is 0 Å². The summed E-state index contributed by atoms with van der Waals surface area (Å²) in [6, 6.07) is 2.10. The van der Waals surface area contributed by atoms with Crippen molar-refractivity contribution >= 4 is 29.9 Å². The number of hydrogen-bond acceptors (Lipinski definition) is 2. The van der Waals surface area contributed by atoms with E-state index >= 15 is 0 Å². The third kappa shape index (κ3) is 5.40. The van der Waals surface area contributed by atoms with Gasteiger partial charge in [0, 0.05) is 46.2 Å². The molecule has 1 aromatic heterocycles. The van der Waals surface area contributed by atoms with Crippen LogP contribution in [0, 0.1) is 0 Å². The van der Waals surface area contributed by atoms with Gasteiger partial charge in [0.15, 0.2) is 5.96 Å². The molecule has 1 aliphatic rings. The van der Waals surface area contributed by atoms with Gasteiger partial charge in [0.1, 0.15) is 0 Å². The number of nitrogens with zero attached hydrogens (tertiary/aromatic N) is 2. The maximum absolute atomic E-state index is 5.57. The van der Waals surface area contributed by atoms with Crippen molar-refractivity contribution in [3.8, 4) is 0 Å². The molecule has 0 saturated carbocycles. The monoisotopic (exact) mass is 378 g/mol. The number of aryl methyl sites for hydroxylation is 1. The normalized spacial score (nSPS) is 19.1. The largest absolute Gasteiger partial charge is 0.376 e. The van der Waals surface area contributed by atoms with Crippen molar-refractivity contribution < 1.29 is 4.74 Å². The van der Waals surface area contributed by atoms with E-state index in [9.17, 15) is 0 Å². The molecule has 2 rings (SSSR count). The van der Waals surface area contributed by atoms with Gasteiger partial charge in [0.05, 0.1) is 6.10 Å². The van der Waals surface area contributed by atoms with Crippen LogP contribution in [0.4, 0.5) is 0 Å². The number of nitrogens with one attached hydrogen (secondary N) is 2. The number of rotatable bonds is 4. The Hall–Kier alpha value is -0.760. The molecule has 0 aromatic carbocycles. The number of aromatic nitrogens is 1. The minimum Gasteiger partial charge on any atom is -0.376 e. The van der Waals surface area contributed by atoms with Gasteiger partial charge in [-0.2, -0.15) is 0 Å². The van der Waals surface area contributed by atoms with Crippen molar-refractivity contribution in [1.29, 1.82) is 0 Å². The van der Waals surface area contributed by atoms with Crippen LogP contribution in [-0.4, -0.2) is 36.8 Å². The van der Waals surface area contributed by atoms with Crippen LogP contribution in [0.15, 0.2) is 23.5 Å². The molecule has 6 heteroatoms. The van der Waals surface area contributed by atoms with E-state index in [1.165, 1.54) is 12.0 Å². The average molecular weight is 378 g/mol. The molecule has 1 unspecified atom stereocenters. The average Bonchev–Trinajstić information content (AvgIpc) is 3.01. The van der Waals surface area contributed by atoms with Gasteiger partial charge in [0.2, 0.25) is 0 Å². The number of ether oxygens (including phenoxy) is 1. The van der Waals surface area contributed by atoms with E-state index in [2.05, 4.69) is 27.9 Å². The molecule has 2 heterocycles. The van der Waals surface area contributed by atoms with Crippen LogP contribution in [0.25, 0.3) is 0 Å². The Morgan fingerprint density at radius 3 is 2.95 bits per heavy atom. The zero-order valence-corrected chi connectivity index (χ0v) is 13.9. The highest BCUT2D eigenvalue weighted by molar-refractivity contribution is 14.0. The molecule has 0 amide bonds. The van der Waals surface area contributed by atoms with Crippen LogP contribution in [0.2, 0.25) is 0 Å². The molecular weight excluding hydrogens is 355 g/mol. The zero-order chi connectivity index (χ0) is 12.8. The molecule has 0 bridgehead atoms. The predicted molar refractivity (Wildman–Crippen MR) is 88.0 cm³/mol. The summed E-state index contributed by atoms with van der Waals surface area (Å²) in [6.07, 6.45) is 6.78. The Kier molecular flexibility index (Phi) is 7.22. The maximum atomic E-state index is 5.57. The highest BCUT2D eigenvalue weighted by atomic mass is 127. The number of guanidine groups is 1. The first-order chi connectivity index (χ1) is 8.78. The molecule has 5 nitrogen and oxygen atoms in total. The van der Waals surface area contributed by atoms with Crippen molar-refractivity contribution in [3.63, 3.8) is 0 Å². The molecule has 0 spiro atoms. The molecule has 1 atom stereocenters. The number of halogens is 1. The van der Waals surface area contributed by atoms with E-state index in [0.29, 0.717) is 6.10 Å². The van der Waals surface area contributed by atoms with E-state index in [0.717, 1.165) is 32.1 Å². The highest BCUT2D eigenvalue weighted by Gasteiger charge is 2.15. The Balaban J connectivity index is 0.00000180. The van der Waals surface area contributed by atoms with Gasteiger partial charge >= 0.3 is 0 Å². The maximum Gasteiger partial charge on any atom is 0.191 e. The Morgan fingerprint density at radius 1 is 1.53 bits per heavy atom. The summed E-state index contributed by atoms with van der Waals surface area (Å²) >= 11 is 0. The SMILES string of the molecule is CN=C(NCc1ccn(C)c1)NCC1CCCO1.I. The standard InChI is InChI=1S/C13H22N4O.HI/c1-14-13(16-9-12-4-3-7-18-12)15-8-11-5-6-17(2)10-11;/h5-6,10,12H,3-4,7-9H2,1-2H3,(H2,14,15,16);1H. The second-order valence-corrected chi connectivity index (χ2v) is 4.63. The fourth-order valence-electron chi connectivity index (χ4n) is 2.09. The topological polar surface area (TPSA) is 50.6 Å². The van der Waals surface area contributed by atoms with Crippen LogP contribution >= 0.6 is 24.0 Å². The van der Waals surface area contributed by atoms with Gasteiger partial charge in [-0.15, -0.1) is 24.0 Å². The fraction of sp³-hybridized carbons (Fsp3) is 0.615. The lowest BCUT2D eigenvalue weighted by Crippen LogP contribution is -2.40. The van der Waals surface area contributed by atoms with Crippen LogP contribution in [0.5, 0.6) is 0 Å². The lowest BCUT2D eigenvalue weighted by atomic mass is 10.2. The molecule has 108 valence electrons. The molecule has 1 saturated heterocycles. The molecule has 0 radical (unpaired) electrons. The lowest BCUT2D eigenvalue weighted by molar-refractivity contribution is 0.114. The predicted octanol–water partition coefficient (Wildman–Crippen LogP) is 1.49. The van der Waals surface area contributed by atoms with E-state index in [1.807, 2.05) is 17.8 Å². The Bertz CT molecular complexity index is 399. The lowest BCUT2D eigenvalue weighted by Gasteiger charge is -2.14. The van der Waals surface area contributed by atoms with E-state index in [-0.39, 0.29) is 24.0 Å². The first-order valence-electron chi connectivity index (χ1n) is 6.45. The molecule has 1 fully saturated rings. The summed E-state index contributed by atoms with van der Waals surface area (Å²) in [5.41, 5.74) is 1.25. The van der Waals surface area contributed by atoms with Crippen LogP contribution < -0.4 is 10.6 Å². The van der Waals surface area contributed by atoms with Gasteiger partial charge < -0.3 is 19.9 Å². The first kappa shape index (κ1) is 16.3. The molecule has 1 aliphatic heterocycles. The Morgan fingerprint density at radius 2 is 2.37 bits per heavy atom. The minimum absolute atomic E-state index is 0. The number of aliphatic imine (C=N–C) groups is 1. The molecular formula is C13H23IN4O. The smallest absolute Gasteiger partial charge is 0.191 e. The van der Waals surface area contributed by atoms with Crippen LogP contribution in [-0.2, 0) is 18.3 Å². The van der Waals surface area contributed by atoms with Crippen molar-refractivity contribution in [1.82, 2.24) is 15.2 Å². The summed E-state index contributed by atoms with van der Waals surface area (Å²) in [6.45, 7) is 2.50. The van der Waals surface area contributed by atoms with Gasteiger partial charge in [-0.05, 0) is 24.5 Å². The van der Waals surface area contributed by atoms with Gasteiger partial charge in [-0.1, -0.05) is 0 Å². The third-order valence-corrected chi connectivity index (χ3v) is 3.10. The second kappa shape index (κ2) is 8.42. The number of hydrogen-bond donors (Lipinski definition) is 2. The van der Waals surface area contributed by atoms with Crippen molar-refractivity contribution in [2.75, 3.05) is 20.2 Å². The summed E-state index contributed by atoms with van der Waals surface area (Å²) in [5.74, 6) is 0.828. The zero-order valence-electron chi connectivity index (χ0n) is 11.6. The van der Waals surface area contributed by atoms with Gasteiger partial charge in [0.25, 0.3) is 0 Å². The summed E-state index contributed by atoms with van der Waals surface area (Å²) in [4.78, 5) is 4.20. The van der Waals surface area contributed by atoms with Crippen LogP contribution in [0.3, 0.4) is 0 Å². The fourth-order valence-corrected chi connectivity index (χ4v) is 2.09. The summed E-state index contributed by atoms with van der Waals surface area (Å²) in [5, 5.41) is 6.59. The minimum atomic E-state index is 0.